The van der Waals surface area contributed by atoms with Crippen molar-refractivity contribution in [3.05, 3.63) is 47.7 Å². The van der Waals surface area contributed by atoms with Crippen LogP contribution in [0, 0.1) is 18.3 Å². The van der Waals surface area contributed by atoms with E-state index in [0.717, 1.165) is 11.3 Å². The van der Waals surface area contributed by atoms with Crippen molar-refractivity contribution in [3.8, 4) is 6.07 Å². The first kappa shape index (κ1) is 15.7. The van der Waals surface area contributed by atoms with Gasteiger partial charge in [0.25, 0.3) is 5.91 Å². The molecular weight excluding hydrogens is 306 g/mol. The molecule has 2 heterocycles. The molecule has 2 aromatic rings. The summed E-state index contributed by atoms with van der Waals surface area (Å²) in [5, 5.41) is 19.7. The van der Waals surface area contributed by atoms with E-state index in [0.29, 0.717) is 30.9 Å². The van der Waals surface area contributed by atoms with E-state index in [2.05, 4.69) is 21.6 Å². The summed E-state index contributed by atoms with van der Waals surface area (Å²) in [6.45, 7) is 2.26. The van der Waals surface area contributed by atoms with Gasteiger partial charge in [0.2, 0.25) is 0 Å². The number of hydrogen-bond acceptors (Lipinski definition) is 5. The number of amides is 1. The van der Waals surface area contributed by atoms with Gasteiger partial charge in [-0.15, -0.1) is 0 Å². The first-order valence-corrected chi connectivity index (χ1v) is 7.68. The van der Waals surface area contributed by atoms with Crippen molar-refractivity contribution >= 4 is 17.4 Å². The lowest BCUT2D eigenvalue weighted by Crippen LogP contribution is -2.23. The molecular formula is C17H17N5O2. The van der Waals surface area contributed by atoms with Gasteiger partial charge in [-0.25, -0.2) is 4.68 Å². The molecule has 7 heteroatoms. The van der Waals surface area contributed by atoms with Crippen LogP contribution in [0.2, 0.25) is 0 Å². The molecule has 1 amide bonds. The van der Waals surface area contributed by atoms with Gasteiger partial charge in [0.05, 0.1) is 24.7 Å². The number of nitriles is 1. The van der Waals surface area contributed by atoms with E-state index >= 15 is 0 Å². The summed E-state index contributed by atoms with van der Waals surface area (Å²) >= 11 is 0. The highest BCUT2D eigenvalue weighted by Crippen LogP contribution is 2.27. The van der Waals surface area contributed by atoms with Gasteiger partial charge in [-0.1, -0.05) is 35.5 Å². The Kier molecular flexibility index (Phi) is 4.57. The molecule has 3 rings (SSSR count). The second kappa shape index (κ2) is 6.96. The van der Waals surface area contributed by atoms with E-state index < -0.39 is 0 Å². The number of carbonyl (C=O) groups excluding carboxylic acids is 1. The monoisotopic (exact) mass is 323 g/mol. The smallest absolute Gasteiger partial charge is 0.274 e. The molecule has 1 aliphatic heterocycles. The second-order valence-corrected chi connectivity index (χ2v) is 5.50. The van der Waals surface area contributed by atoms with Crippen LogP contribution in [0.15, 0.2) is 41.6 Å². The molecule has 0 radical (unpaired) electrons. The van der Waals surface area contributed by atoms with E-state index in [1.54, 1.807) is 10.7 Å². The van der Waals surface area contributed by atoms with Gasteiger partial charge in [0.15, 0.2) is 6.10 Å². The number of anilines is 1. The molecule has 0 aliphatic carbocycles. The van der Waals surface area contributed by atoms with Crippen molar-refractivity contribution in [1.82, 2.24) is 9.78 Å². The summed E-state index contributed by atoms with van der Waals surface area (Å²) < 4.78 is 1.61. The molecule has 1 aromatic heterocycles. The van der Waals surface area contributed by atoms with Gasteiger partial charge in [0.1, 0.15) is 11.5 Å². The predicted octanol–water partition coefficient (Wildman–Crippen LogP) is 2.56. The van der Waals surface area contributed by atoms with Crippen LogP contribution < -0.4 is 5.32 Å². The zero-order valence-corrected chi connectivity index (χ0v) is 13.3. The van der Waals surface area contributed by atoms with Gasteiger partial charge in [-0.05, 0) is 12.5 Å². The number of aryl methyl sites for hydroxylation is 2. The SMILES string of the molecule is Cc1cc(NC(=O)C2=NO[C@H](c3ccccc3)C2)n(CCC#N)n1. The fourth-order valence-electron chi connectivity index (χ4n) is 2.52. The molecule has 0 spiro atoms. The topological polar surface area (TPSA) is 92.3 Å². The van der Waals surface area contributed by atoms with Gasteiger partial charge in [-0.2, -0.15) is 10.4 Å². The Balaban J connectivity index is 1.65. The highest BCUT2D eigenvalue weighted by atomic mass is 16.6. The van der Waals surface area contributed by atoms with Gasteiger partial charge in [-0.3, -0.25) is 4.79 Å². The van der Waals surface area contributed by atoms with Crippen LogP contribution in [0.3, 0.4) is 0 Å². The zero-order chi connectivity index (χ0) is 16.9. The van der Waals surface area contributed by atoms with Crippen LogP contribution in [0.1, 0.15) is 30.2 Å². The van der Waals surface area contributed by atoms with Crippen LogP contribution in [0.25, 0.3) is 0 Å². The molecule has 122 valence electrons. The number of carbonyl (C=O) groups is 1. The summed E-state index contributed by atoms with van der Waals surface area (Å²) in [4.78, 5) is 17.8. The van der Waals surface area contributed by atoms with Crippen LogP contribution in [0.4, 0.5) is 5.82 Å². The van der Waals surface area contributed by atoms with Gasteiger partial charge < -0.3 is 10.2 Å². The Morgan fingerprint density at radius 1 is 1.46 bits per heavy atom. The fraction of sp³-hybridized carbons (Fsp3) is 0.294. The Morgan fingerprint density at radius 3 is 3.00 bits per heavy atom. The largest absolute Gasteiger partial charge is 0.387 e. The molecule has 1 aromatic carbocycles. The average molecular weight is 323 g/mol. The number of oxime groups is 1. The Bertz CT molecular complexity index is 804. The van der Waals surface area contributed by atoms with Gasteiger partial charge >= 0.3 is 0 Å². The van der Waals surface area contributed by atoms with Crippen LogP contribution in [-0.4, -0.2) is 21.4 Å². The number of aromatic nitrogens is 2. The number of nitrogens with zero attached hydrogens (tertiary/aromatic N) is 4. The molecule has 24 heavy (non-hydrogen) atoms. The maximum Gasteiger partial charge on any atom is 0.274 e. The molecule has 1 N–H and O–H groups in total. The molecule has 1 aliphatic rings. The van der Waals surface area contributed by atoms with E-state index in [1.165, 1.54) is 0 Å². The van der Waals surface area contributed by atoms with Crippen LogP contribution >= 0.6 is 0 Å². The van der Waals surface area contributed by atoms with Crippen LogP contribution in [0.5, 0.6) is 0 Å². The quantitative estimate of drug-likeness (QED) is 0.915. The van der Waals surface area contributed by atoms with Crippen molar-refractivity contribution in [3.63, 3.8) is 0 Å². The summed E-state index contributed by atoms with van der Waals surface area (Å²) in [6.07, 6.45) is 0.503. The number of hydrogen-bond donors (Lipinski definition) is 1. The minimum atomic E-state index is -0.313. The summed E-state index contributed by atoms with van der Waals surface area (Å²) in [5.41, 5.74) is 2.10. The normalized spacial score (nSPS) is 16.2. The number of benzene rings is 1. The lowest BCUT2D eigenvalue weighted by Gasteiger charge is -2.08. The van der Waals surface area contributed by atoms with E-state index in [1.807, 2.05) is 37.3 Å². The molecule has 0 unspecified atom stereocenters. The molecule has 0 saturated carbocycles. The highest BCUT2D eigenvalue weighted by molar-refractivity contribution is 6.43. The summed E-state index contributed by atoms with van der Waals surface area (Å²) in [7, 11) is 0. The molecule has 1 atom stereocenters. The zero-order valence-electron chi connectivity index (χ0n) is 13.3. The minimum Gasteiger partial charge on any atom is -0.387 e. The average Bonchev–Trinajstić information content (AvgIpc) is 3.21. The second-order valence-electron chi connectivity index (χ2n) is 5.50. The van der Waals surface area contributed by atoms with E-state index in [-0.39, 0.29) is 12.0 Å². The first-order chi connectivity index (χ1) is 11.7. The number of rotatable bonds is 5. The van der Waals surface area contributed by atoms with Crippen molar-refractivity contribution in [2.24, 2.45) is 5.16 Å². The lowest BCUT2D eigenvalue weighted by molar-refractivity contribution is -0.110. The molecule has 0 saturated heterocycles. The van der Waals surface area contributed by atoms with Crippen molar-refractivity contribution in [2.45, 2.75) is 32.4 Å². The summed E-state index contributed by atoms with van der Waals surface area (Å²) in [6, 6.07) is 13.5. The number of nitrogens with one attached hydrogen (secondary N) is 1. The van der Waals surface area contributed by atoms with Crippen molar-refractivity contribution in [1.29, 1.82) is 5.26 Å². The molecule has 0 bridgehead atoms. The van der Waals surface area contributed by atoms with Crippen LogP contribution in [-0.2, 0) is 16.2 Å². The fourth-order valence-corrected chi connectivity index (χ4v) is 2.52. The first-order valence-electron chi connectivity index (χ1n) is 7.68. The molecule has 0 fully saturated rings. The lowest BCUT2D eigenvalue weighted by atomic mass is 10.0. The standard InChI is InChI=1S/C17H17N5O2/c1-12-10-16(22(20-12)9-5-8-18)19-17(23)14-11-15(24-21-14)13-6-3-2-4-7-13/h2-4,6-7,10,15H,5,9,11H2,1H3,(H,19,23)/t15-/m0/s1. The maximum absolute atomic E-state index is 12.4. The Morgan fingerprint density at radius 2 is 2.25 bits per heavy atom. The third-order valence-electron chi connectivity index (χ3n) is 3.68. The van der Waals surface area contributed by atoms with Gasteiger partial charge in [0, 0.05) is 12.5 Å². The third-order valence-corrected chi connectivity index (χ3v) is 3.68. The van der Waals surface area contributed by atoms with Crippen molar-refractivity contribution in [2.75, 3.05) is 5.32 Å². The third kappa shape index (κ3) is 3.43. The predicted molar refractivity (Wildman–Crippen MR) is 88.1 cm³/mol. The Hall–Kier alpha value is -3.14. The highest BCUT2D eigenvalue weighted by Gasteiger charge is 2.27. The van der Waals surface area contributed by atoms with E-state index in [9.17, 15) is 4.79 Å². The Labute approximate surface area is 139 Å². The minimum absolute atomic E-state index is 0.239. The summed E-state index contributed by atoms with van der Waals surface area (Å²) in [5.74, 6) is 0.241. The van der Waals surface area contributed by atoms with E-state index in [4.69, 9.17) is 10.1 Å². The maximum atomic E-state index is 12.4. The molecule has 7 nitrogen and oxygen atoms in total. The van der Waals surface area contributed by atoms with Crippen molar-refractivity contribution < 1.29 is 9.63 Å².